The molecule has 2 aliphatic carbocycles. The van der Waals surface area contributed by atoms with Crippen LogP contribution in [0.1, 0.15) is 30.5 Å². The molecule has 0 aromatic carbocycles. The van der Waals surface area contributed by atoms with Gasteiger partial charge in [0.05, 0.1) is 18.9 Å². The van der Waals surface area contributed by atoms with Gasteiger partial charge in [-0.25, -0.2) is 4.39 Å². The first-order valence-electron chi connectivity index (χ1n) is 11.1. The highest BCUT2D eigenvalue weighted by Crippen LogP contribution is 2.29. The molecule has 30 heavy (non-hydrogen) atoms. The molecule has 1 aromatic rings. The number of alkyl halides is 1. The van der Waals surface area contributed by atoms with Gasteiger partial charge in [0.2, 0.25) is 0 Å². The Morgan fingerprint density at radius 2 is 2.10 bits per heavy atom. The summed E-state index contributed by atoms with van der Waals surface area (Å²) in [7, 11) is 1.95. The van der Waals surface area contributed by atoms with Gasteiger partial charge in [-0.3, -0.25) is 4.90 Å². The number of aromatic nitrogens is 1. The van der Waals surface area contributed by atoms with Gasteiger partial charge in [0.15, 0.2) is 0 Å². The van der Waals surface area contributed by atoms with E-state index in [9.17, 15) is 4.39 Å². The molecule has 0 bridgehead atoms. The van der Waals surface area contributed by atoms with Crippen LogP contribution >= 0.6 is 0 Å². The number of hydrogen-bond donors (Lipinski definition) is 2. The minimum atomic E-state index is -0.869. The minimum absolute atomic E-state index is 0.477. The van der Waals surface area contributed by atoms with Crippen molar-refractivity contribution < 1.29 is 13.9 Å². The van der Waals surface area contributed by atoms with E-state index in [1.807, 2.05) is 13.1 Å². The van der Waals surface area contributed by atoms with Crippen molar-refractivity contribution in [1.82, 2.24) is 20.1 Å². The fourth-order valence-corrected chi connectivity index (χ4v) is 4.82. The second kappa shape index (κ2) is 8.47. The molecule has 3 heterocycles. The zero-order chi connectivity index (χ0) is 20.5. The molecule has 1 atom stereocenters. The van der Waals surface area contributed by atoms with Gasteiger partial charge in [-0.05, 0) is 24.1 Å². The molecule has 7 heteroatoms. The van der Waals surface area contributed by atoms with Gasteiger partial charge in [-0.2, -0.15) is 0 Å². The van der Waals surface area contributed by atoms with E-state index in [1.54, 1.807) is 6.08 Å². The monoisotopic (exact) mass is 414 g/mol. The average Bonchev–Trinajstić information content (AvgIpc) is 3.15. The van der Waals surface area contributed by atoms with Crippen LogP contribution in [0.2, 0.25) is 0 Å². The molecule has 0 saturated carbocycles. The van der Waals surface area contributed by atoms with E-state index in [0.717, 1.165) is 80.7 Å². The lowest BCUT2D eigenvalue weighted by Crippen LogP contribution is -2.38. The zero-order valence-corrected chi connectivity index (χ0v) is 17.7. The van der Waals surface area contributed by atoms with Gasteiger partial charge in [-0.15, -0.1) is 0 Å². The van der Waals surface area contributed by atoms with Gasteiger partial charge < -0.3 is 24.7 Å². The molecule has 1 aromatic heterocycles. The number of nitrogens with zero attached hydrogens (tertiary/aromatic N) is 2. The van der Waals surface area contributed by atoms with Crippen LogP contribution in [0.15, 0.2) is 23.2 Å². The first-order chi connectivity index (χ1) is 14.7. The molecule has 2 aliphatic heterocycles. The molecule has 0 radical (unpaired) electrons. The van der Waals surface area contributed by atoms with E-state index in [2.05, 4.69) is 26.2 Å². The molecule has 0 spiro atoms. The summed E-state index contributed by atoms with van der Waals surface area (Å²) in [4.78, 5) is 8.25. The number of allylic oxidation sites excluding steroid dienone is 3. The number of H-pyrrole nitrogens is 1. The van der Waals surface area contributed by atoms with Crippen LogP contribution in [0.5, 0.6) is 0 Å². The summed E-state index contributed by atoms with van der Waals surface area (Å²) in [5.41, 5.74) is 4.93. The normalized spacial score (nSPS) is 24.4. The minimum Gasteiger partial charge on any atom is -0.480 e. The van der Waals surface area contributed by atoms with E-state index < -0.39 is 6.17 Å². The van der Waals surface area contributed by atoms with Crippen molar-refractivity contribution in [3.05, 3.63) is 45.1 Å². The average molecular weight is 415 g/mol. The molecular weight excluding hydrogens is 383 g/mol. The van der Waals surface area contributed by atoms with Crippen molar-refractivity contribution in [2.24, 2.45) is 0 Å². The van der Waals surface area contributed by atoms with Crippen LogP contribution in [0.3, 0.4) is 0 Å². The van der Waals surface area contributed by atoms with Crippen LogP contribution in [0.4, 0.5) is 4.39 Å². The highest BCUT2D eigenvalue weighted by molar-refractivity contribution is 5.46. The molecule has 0 amide bonds. The number of rotatable bonds is 5. The third-order valence-corrected chi connectivity index (χ3v) is 6.56. The third kappa shape index (κ3) is 3.88. The van der Waals surface area contributed by atoms with Crippen molar-refractivity contribution in [3.8, 4) is 0 Å². The van der Waals surface area contributed by atoms with Crippen LogP contribution in [-0.2, 0) is 22.4 Å². The molecule has 1 unspecified atom stereocenters. The van der Waals surface area contributed by atoms with Crippen LogP contribution in [-0.4, -0.2) is 67.6 Å². The molecule has 6 nitrogen and oxygen atoms in total. The summed E-state index contributed by atoms with van der Waals surface area (Å²) in [6.07, 6.45) is 8.47. The Morgan fingerprint density at radius 1 is 1.23 bits per heavy atom. The van der Waals surface area contributed by atoms with E-state index in [-0.39, 0.29) is 0 Å². The molecule has 1 fully saturated rings. The Labute approximate surface area is 176 Å². The Morgan fingerprint density at radius 3 is 2.93 bits per heavy atom. The number of ether oxygens (including phenoxy) is 2. The Balaban J connectivity index is 1.32. The van der Waals surface area contributed by atoms with Crippen molar-refractivity contribution in [2.75, 3.05) is 46.6 Å². The molecular formula is C23H31FN4O2. The van der Waals surface area contributed by atoms with E-state index in [1.165, 1.54) is 17.0 Å². The standard InChI is InChI=1S/C23H31FN4O2/c1-25-22-13-17(3-5-23(22)30-15-27-8-10-29-11-9-27)28-7-6-21-19(14-28)18-12-16(24)2-4-20(18)26-21/h4,12-13,16,25-26H,2-3,5-11,14-15H2,1H3. The Hall–Kier alpha value is -2.25. The second-order valence-electron chi connectivity index (χ2n) is 8.43. The smallest absolute Gasteiger partial charge is 0.141 e. The lowest BCUT2D eigenvalue weighted by Gasteiger charge is -2.34. The van der Waals surface area contributed by atoms with Crippen LogP contribution in [0.25, 0.3) is 12.2 Å². The summed E-state index contributed by atoms with van der Waals surface area (Å²) < 4.78 is 25.5. The first-order valence-corrected chi connectivity index (χ1v) is 11.1. The second-order valence-corrected chi connectivity index (χ2v) is 8.43. The molecule has 162 valence electrons. The maximum absolute atomic E-state index is 13.9. The molecule has 5 rings (SSSR count). The van der Waals surface area contributed by atoms with Gasteiger partial charge in [0.1, 0.15) is 18.7 Å². The van der Waals surface area contributed by atoms with Gasteiger partial charge in [0, 0.05) is 74.4 Å². The zero-order valence-electron chi connectivity index (χ0n) is 17.7. The van der Waals surface area contributed by atoms with Crippen LogP contribution in [0, 0.1) is 0 Å². The van der Waals surface area contributed by atoms with Crippen molar-refractivity contribution >= 4 is 12.2 Å². The highest BCUT2D eigenvalue weighted by Gasteiger charge is 2.25. The number of morpholine rings is 1. The van der Waals surface area contributed by atoms with Crippen LogP contribution < -0.4 is 15.9 Å². The lowest BCUT2D eigenvalue weighted by molar-refractivity contribution is -0.0162. The first kappa shape index (κ1) is 19.7. The van der Waals surface area contributed by atoms with E-state index in [4.69, 9.17) is 9.47 Å². The van der Waals surface area contributed by atoms with Gasteiger partial charge in [0.25, 0.3) is 0 Å². The quantitative estimate of drug-likeness (QED) is 0.756. The predicted octanol–water partition coefficient (Wildman–Crippen LogP) is 1.09. The van der Waals surface area contributed by atoms with E-state index in [0.29, 0.717) is 13.2 Å². The van der Waals surface area contributed by atoms with Crippen molar-refractivity contribution in [1.29, 1.82) is 0 Å². The third-order valence-electron chi connectivity index (χ3n) is 6.56. The number of aromatic amines is 1. The Kier molecular flexibility index (Phi) is 5.56. The topological polar surface area (TPSA) is 52.8 Å². The lowest BCUT2D eigenvalue weighted by atomic mass is 10.00. The number of fused-ring (bicyclic) bond motifs is 3. The predicted molar refractivity (Wildman–Crippen MR) is 114 cm³/mol. The fourth-order valence-electron chi connectivity index (χ4n) is 4.82. The highest BCUT2D eigenvalue weighted by atomic mass is 19.1. The SMILES string of the molecule is CNC1=C(OCN2CCOCC2)CCC(N2CCc3[nH]c4c(c3C2)=CC(F)CC=4)=C1. The van der Waals surface area contributed by atoms with Gasteiger partial charge in [-0.1, -0.05) is 6.08 Å². The Bertz CT molecular complexity index is 974. The number of nitrogens with one attached hydrogen (secondary N) is 2. The summed E-state index contributed by atoms with van der Waals surface area (Å²) in [6, 6.07) is 0. The maximum Gasteiger partial charge on any atom is 0.141 e. The summed E-state index contributed by atoms with van der Waals surface area (Å²) in [6.45, 7) is 5.85. The molecule has 1 saturated heterocycles. The fraction of sp³-hybridized carbons (Fsp3) is 0.565. The number of hydrogen-bond acceptors (Lipinski definition) is 5. The maximum atomic E-state index is 13.9. The summed E-state index contributed by atoms with van der Waals surface area (Å²) >= 11 is 0. The summed E-state index contributed by atoms with van der Waals surface area (Å²) in [5, 5.41) is 5.50. The number of halogens is 1. The molecule has 4 aliphatic rings. The summed E-state index contributed by atoms with van der Waals surface area (Å²) in [5.74, 6) is 1.03. The molecule has 2 N–H and O–H groups in total. The number of likely N-dealkylation sites (N-methyl/N-ethyl adjacent to an activating group) is 1. The largest absolute Gasteiger partial charge is 0.480 e. The van der Waals surface area contributed by atoms with Gasteiger partial charge >= 0.3 is 0 Å². The van der Waals surface area contributed by atoms with Crippen molar-refractivity contribution in [3.63, 3.8) is 0 Å². The van der Waals surface area contributed by atoms with Crippen molar-refractivity contribution in [2.45, 2.75) is 38.4 Å². The van der Waals surface area contributed by atoms with E-state index >= 15 is 0 Å².